The maximum Gasteiger partial charge on any atom is 0.180 e. The highest BCUT2D eigenvalue weighted by Crippen LogP contribution is 2.24. The van der Waals surface area contributed by atoms with Gasteiger partial charge in [-0.15, -0.1) is 0 Å². The lowest BCUT2D eigenvalue weighted by Gasteiger charge is -2.20. The van der Waals surface area contributed by atoms with Crippen LogP contribution in [0.4, 0.5) is 5.82 Å². The Balaban J connectivity index is 2.08. The van der Waals surface area contributed by atoms with Gasteiger partial charge in [0.15, 0.2) is 11.6 Å². The summed E-state index contributed by atoms with van der Waals surface area (Å²) in [5.41, 5.74) is 0.738. The lowest BCUT2D eigenvalue weighted by Crippen LogP contribution is -2.22. The standard InChI is InChI=1S/C17H25N5O2/c1-3-4-6-14(8-10-23)21-17-16(11-18-13(2)20-17)24-12-15-7-5-9-19-22-15/h5,7,9,11,14,23H,3-4,6,8,10,12H2,1-2H3,(H,18,20,21)/t14-/m0/s1. The zero-order chi connectivity index (χ0) is 17.2. The van der Waals surface area contributed by atoms with E-state index < -0.39 is 0 Å². The first-order chi connectivity index (χ1) is 11.7. The van der Waals surface area contributed by atoms with Gasteiger partial charge in [0.25, 0.3) is 0 Å². The van der Waals surface area contributed by atoms with Gasteiger partial charge >= 0.3 is 0 Å². The predicted molar refractivity (Wildman–Crippen MR) is 91.8 cm³/mol. The van der Waals surface area contributed by atoms with Gasteiger partial charge in [0.1, 0.15) is 18.1 Å². The molecule has 2 rings (SSSR count). The van der Waals surface area contributed by atoms with Crippen molar-refractivity contribution in [3.63, 3.8) is 0 Å². The average Bonchev–Trinajstić information content (AvgIpc) is 2.60. The molecule has 7 heteroatoms. The lowest BCUT2D eigenvalue weighted by atomic mass is 10.1. The summed E-state index contributed by atoms with van der Waals surface area (Å²) in [6, 6.07) is 3.83. The molecule has 0 bridgehead atoms. The first-order valence-corrected chi connectivity index (χ1v) is 8.33. The van der Waals surface area contributed by atoms with E-state index in [0.29, 0.717) is 30.4 Å². The number of hydrogen-bond donors (Lipinski definition) is 2. The highest BCUT2D eigenvalue weighted by atomic mass is 16.5. The van der Waals surface area contributed by atoms with Gasteiger partial charge in [-0.1, -0.05) is 19.8 Å². The summed E-state index contributed by atoms with van der Waals surface area (Å²) in [6.07, 6.45) is 7.14. The molecule has 0 saturated carbocycles. The number of nitrogens with zero attached hydrogens (tertiary/aromatic N) is 4. The summed E-state index contributed by atoms with van der Waals surface area (Å²) < 4.78 is 5.81. The Bertz CT molecular complexity index is 609. The monoisotopic (exact) mass is 331 g/mol. The molecule has 2 aromatic heterocycles. The fourth-order valence-electron chi connectivity index (χ4n) is 2.32. The van der Waals surface area contributed by atoms with E-state index in [4.69, 9.17) is 4.74 Å². The molecule has 0 spiro atoms. The van der Waals surface area contributed by atoms with Gasteiger partial charge in [0.2, 0.25) is 0 Å². The predicted octanol–water partition coefficient (Wildman–Crippen LogP) is 2.51. The molecule has 2 aromatic rings. The van der Waals surface area contributed by atoms with Crippen LogP contribution in [0.1, 0.15) is 44.1 Å². The Morgan fingerprint density at radius 1 is 1.33 bits per heavy atom. The third-order valence-electron chi connectivity index (χ3n) is 3.60. The maximum atomic E-state index is 9.27. The first-order valence-electron chi connectivity index (χ1n) is 8.33. The van der Waals surface area contributed by atoms with Crippen molar-refractivity contribution in [1.82, 2.24) is 20.2 Å². The topological polar surface area (TPSA) is 93.0 Å². The molecule has 0 fully saturated rings. The van der Waals surface area contributed by atoms with Crippen molar-refractivity contribution in [2.24, 2.45) is 0 Å². The number of aliphatic hydroxyl groups excluding tert-OH is 1. The molecule has 0 aliphatic heterocycles. The fraction of sp³-hybridized carbons (Fsp3) is 0.529. The van der Waals surface area contributed by atoms with Gasteiger partial charge in [-0.25, -0.2) is 9.97 Å². The largest absolute Gasteiger partial charge is 0.482 e. The smallest absolute Gasteiger partial charge is 0.180 e. The van der Waals surface area contributed by atoms with Crippen molar-refractivity contribution in [1.29, 1.82) is 0 Å². The molecule has 0 aromatic carbocycles. The molecule has 2 heterocycles. The van der Waals surface area contributed by atoms with E-state index in [2.05, 4.69) is 32.4 Å². The van der Waals surface area contributed by atoms with Crippen LogP contribution in [0, 0.1) is 6.92 Å². The van der Waals surface area contributed by atoms with E-state index in [-0.39, 0.29) is 12.6 Å². The number of aryl methyl sites for hydroxylation is 1. The maximum absolute atomic E-state index is 9.27. The number of ether oxygens (including phenoxy) is 1. The molecule has 0 unspecified atom stereocenters. The summed E-state index contributed by atoms with van der Waals surface area (Å²) >= 11 is 0. The van der Waals surface area contributed by atoms with Crippen LogP contribution in [-0.2, 0) is 6.61 Å². The second-order valence-corrected chi connectivity index (χ2v) is 5.63. The van der Waals surface area contributed by atoms with Gasteiger partial charge < -0.3 is 15.2 Å². The van der Waals surface area contributed by atoms with E-state index in [1.165, 1.54) is 0 Å². The normalized spacial score (nSPS) is 12.0. The molecule has 24 heavy (non-hydrogen) atoms. The zero-order valence-corrected chi connectivity index (χ0v) is 14.3. The van der Waals surface area contributed by atoms with Crippen molar-refractivity contribution < 1.29 is 9.84 Å². The molecule has 7 nitrogen and oxygen atoms in total. The highest BCUT2D eigenvalue weighted by molar-refractivity contribution is 5.49. The van der Waals surface area contributed by atoms with Crippen LogP contribution in [-0.4, -0.2) is 37.9 Å². The second kappa shape index (κ2) is 9.77. The van der Waals surface area contributed by atoms with Crippen LogP contribution in [0.3, 0.4) is 0 Å². The molecule has 0 aliphatic carbocycles. The van der Waals surface area contributed by atoms with Crippen LogP contribution in [0.5, 0.6) is 5.75 Å². The Labute approximate surface area is 142 Å². The number of nitrogens with one attached hydrogen (secondary N) is 1. The number of unbranched alkanes of at least 4 members (excludes halogenated alkanes) is 1. The number of anilines is 1. The van der Waals surface area contributed by atoms with Gasteiger partial charge in [0, 0.05) is 18.8 Å². The SMILES string of the molecule is CCCC[C@@H](CCO)Nc1nc(C)ncc1OCc1cccnn1. The van der Waals surface area contributed by atoms with Crippen molar-refractivity contribution in [2.45, 2.75) is 52.2 Å². The van der Waals surface area contributed by atoms with Crippen LogP contribution in [0.25, 0.3) is 0 Å². The zero-order valence-electron chi connectivity index (χ0n) is 14.3. The summed E-state index contributed by atoms with van der Waals surface area (Å²) in [7, 11) is 0. The van der Waals surface area contributed by atoms with Gasteiger partial charge in [0.05, 0.1) is 6.20 Å². The Kier molecular flexibility index (Phi) is 7.35. The first kappa shape index (κ1) is 18.1. The minimum Gasteiger partial charge on any atom is -0.482 e. The molecular formula is C17H25N5O2. The number of rotatable bonds is 10. The van der Waals surface area contributed by atoms with Gasteiger partial charge in [-0.3, -0.25) is 0 Å². The molecular weight excluding hydrogens is 306 g/mol. The third-order valence-corrected chi connectivity index (χ3v) is 3.60. The number of aliphatic hydroxyl groups is 1. The van der Waals surface area contributed by atoms with Crippen LogP contribution < -0.4 is 10.1 Å². The number of hydrogen-bond acceptors (Lipinski definition) is 7. The highest BCUT2D eigenvalue weighted by Gasteiger charge is 2.13. The second-order valence-electron chi connectivity index (χ2n) is 5.63. The minimum atomic E-state index is 0.140. The van der Waals surface area contributed by atoms with E-state index in [9.17, 15) is 5.11 Å². The molecule has 1 atom stereocenters. The van der Waals surface area contributed by atoms with Gasteiger partial charge in [-0.2, -0.15) is 10.2 Å². The average molecular weight is 331 g/mol. The lowest BCUT2D eigenvalue weighted by molar-refractivity contribution is 0.274. The summed E-state index contributed by atoms with van der Waals surface area (Å²) in [5, 5.41) is 20.5. The third kappa shape index (κ3) is 5.73. The Morgan fingerprint density at radius 2 is 2.21 bits per heavy atom. The van der Waals surface area contributed by atoms with Crippen molar-refractivity contribution >= 4 is 5.82 Å². The van der Waals surface area contributed by atoms with Crippen LogP contribution >= 0.6 is 0 Å². The molecule has 0 amide bonds. The van der Waals surface area contributed by atoms with Crippen molar-refractivity contribution in [3.8, 4) is 5.75 Å². The molecule has 0 aliphatic rings. The Hall–Kier alpha value is -2.28. The summed E-state index contributed by atoms with van der Waals surface area (Å²) in [6.45, 7) is 4.43. The molecule has 130 valence electrons. The minimum absolute atomic E-state index is 0.140. The fourth-order valence-corrected chi connectivity index (χ4v) is 2.32. The quantitative estimate of drug-likeness (QED) is 0.691. The van der Waals surface area contributed by atoms with Crippen molar-refractivity contribution in [3.05, 3.63) is 36.0 Å². The van der Waals surface area contributed by atoms with Crippen LogP contribution in [0.2, 0.25) is 0 Å². The van der Waals surface area contributed by atoms with Crippen LogP contribution in [0.15, 0.2) is 24.5 Å². The van der Waals surface area contributed by atoms with E-state index in [1.807, 2.05) is 19.1 Å². The molecule has 0 saturated heterocycles. The van der Waals surface area contributed by atoms with E-state index in [0.717, 1.165) is 25.0 Å². The van der Waals surface area contributed by atoms with Crippen molar-refractivity contribution in [2.75, 3.05) is 11.9 Å². The molecule has 2 N–H and O–H groups in total. The van der Waals surface area contributed by atoms with E-state index >= 15 is 0 Å². The van der Waals surface area contributed by atoms with Gasteiger partial charge in [-0.05, 0) is 31.9 Å². The van der Waals surface area contributed by atoms with E-state index in [1.54, 1.807) is 12.4 Å². The summed E-state index contributed by atoms with van der Waals surface area (Å²) in [5.74, 6) is 1.90. The molecule has 0 radical (unpaired) electrons. The summed E-state index contributed by atoms with van der Waals surface area (Å²) in [4.78, 5) is 8.66. The Morgan fingerprint density at radius 3 is 2.92 bits per heavy atom. The number of aromatic nitrogens is 4.